The SMILES string of the molecule is COc1cccc(CN2CCC[C@H](c3ccnc(C)n3)C2)c1F. The first-order chi connectivity index (χ1) is 11.2. The second kappa shape index (κ2) is 7.04. The highest BCUT2D eigenvalue weighted by Crippen LogP contribution is 2.28. The van der Waals surface area contributed by atoms with E-state index >= 15 is 0 Å². The standard InChI is InChI=1S/C18H22FN3O/c1-13-20-9-8-16(21-13)14-6-4-10-22(11-14)12-15-5-3-7-17(23-2)18(15)19/h3,5,7-9,14H,4,6,10-12H2,1-2H3/t14-/m0/s1. The van der Waals surface area contributed by atoms with Gasteiger partial charge in [-0.3, -0.25) is 4.90 Å². The Kier molecular flexibility index (Phi) is 4.86. The maximum Gasteiger partial charge on any atom is 0.169 e. The number of benzene rings is 1. The lowest BCUT2D eigenvalue weighted by molar-refractivity contribution is 0.195. The summed E-state index contributed by atoms with van der Waals surface area (Å²) in [5.74, 6) is 1.25. The van der Waals surface area contributed by atoms with E-state index in [0.717, 1.165) is 37.4 Å². The average Bonchev–Trinajstić information content (AvgIpc) is 2.57. The van der Waals surface area contributed by atoms with E-state index in [1.165, 1.54) is 7.11 Å². The summed E-state index contributed by atoms with van der Waals surface area (Å²) in [6.07, 6.45) is 4.03. The summed E-state index contributed by atoms with van der Waals surface area (Å²) in [5, 5.41) is 0. The highest BCUT2D eigenvalue weighted by Gasteiger charge is 2.23. The molecule has 2 aromatic rings. The number of rotatable bonds is 4. The van der Waals surface area contributed by atoms with E-state index in [1.54, 1.807) is 6.07 Å². The van der Waals surface area contributed by atoms with Gasteiger partial charge in [-0.05, 0) is 38.4 Å². The minimum Gasteiger partial charge on any atom is -0.494 e. The Bertz CT molecular complexity index is 677. The average molecular weight is 315 g/mol. The molecule has 0 bridgehead atoms. The molecule has 1 atom stereocenters. The van der Waals surface area contributed by atoms with Crippen molar-refractivity contribution in [3.63, 3.8) is 0 Å². The maximum atomic E-state index is 14.3. The number of hydrogen-bond acceptors (Lipinski definition) is 4. The molecule has 1 aromatic heterocycles. The van der Waals surface area contributed by atoms with Gasteiger partial charge in [-0.15, -0.1) is 0 Å². The van der Waals surface area contributed by atoms with Gasteiger partial charge in [-0.1, -0.05) is 12.1 Å². The molecule has 1 aromatic carbocycles. The van der Waals surface area contributed by atoms with Gasteiger partial charge >= 0.3 is 0 Å². The van der Waals surface area contributed by atoms with Crippen molar-refractivity contribution in [2.75, 3.05) is 20.2 Å². The van der Waals surface area contributed by atoms with Gasteiger partial charge in [0.15, 0.2) is 11.6 Å². The number of ether oxygens (including phenoxy) is 1. The van der Waals surface area contributed by atoms with E-state index in [-0.39, 0.29) is 5.82 Å². The van der Waals surface area contributed by atoms with E-state index in [4.69, 9.17) is 4.74 Å². The van der Waals surface area contributed by atoms with E-state index < -0.39 is 0 Å². The van der Waals surface area contributed by atoms with Gasteiger partial charge in [0.2, 0.25) is 0 Å². The summed E-state index contributed by atoms with van der Waals surface area (Å²) < 4.78 is 19.4. The first-order valence-electron chi connectivity index (χ1n) is 8.00. The lowest BCUT2D eigenvalue weighted by atomic mass is 9.94. The number of hydrogen-bond donors (Lipinski definition) is 0. The molecular weight excluding hydrogens is 293 g/mol. The van der Waals surface area contributed by atoms with Gasteiger partial charge < -0.3 is 4.74 Å². The fraction of sp³-hybridized carbons (Fsp3) is 0.444. The van der Waals surface area contributed by atoms with E-state index in [9.17, 15) is 4.39 Å². The van der Waals surface area contributed by atoms with Crippen molar-refractivity contribution in [3.05, 3.63) is 53.4 Å². The molecule has 23 heavy (non-hydrogen) atoms. The first-order valence-corrected chi connectivity index (χ1v) is 8.00. The Morgan fingerprint density at radius 1 is 1.35 bits per heavy atom. The van der Waals surface area contributed by atoms with Gasteiger partial charge in [0.1, 0.15) is 5.82 Å². The largest absolute Gasteiger partial charge is 0.494 e. The van der Waals surface area contributed by atoms with Crippen LogP contribution in [0.2, 0.25) is 0 Å². The van der Waals surface area contributed by atoms with Crippen molar-refractivity contribution in [2.45, 2.75) is 32.2 Å². The second-order valence-electron chi connectivity index (χ2n) is 6.04. The van der Waals surface area contributed by atoms with Gasteiger partial charge in [-0.2, -0.15) is 0 Å². The van der Waals surface area contributed by atoms with Crippen molar-refractivity contribution in [1.29, 1.82) is 0 Å². The van der Waals surface area contributed by atoms with Gasteiger partial charge in [0.25, 0.3) is 0 Å². The zero-order valence-electron chi connectivity index (χ0n) is 13.6. The van der Waals surface area contributed by atoms with Crippen LogP contribution >= 0.6 is 0 Å². The Morgan fingerprint density at radius 3 is 3.00 bits per heavy atom. The third-order valence-electron chi connectivity index (χ3n) is 4.38. The third kappa shape index (κ3) is 3.67. The quantitative estimate of drug-likeness (QED) is 0.867. The van der Waals surface area contributed by atoms with Crippen LogP contribution in [0.4, 0.5) is 4.39 Å². The predicted octanol–water partition coefficient (Wildman–Crippen LogP) is 3.31. The lowest BCUT2D eigenvalue weighted by Crippen LogP contribution is -2.34. The van der Waals surface area contributed by atoms with Crippen LogP contribution in [0.5, 0.6) is 5.75 Å². The summed E-state index contributed by atoms with van der Waals surface area (Å²) in [6, 6.07) is 7.32. The molecule has 0 N–H and O–H groups in total. The van der Waals surface area contributed by atoms with Crippen LogP contribution in [0.15, 0.2) is 30.5 Å². The number of aryl methyl sites for hydroxylation is 1. The van der Waals surface area contributed by atoms with Crippen LogP contribution < -0.4 is 4.74 Å². The molecule has 1 aliphatic rings. The van der Waals surface area contributed by atoms with Crippen LogP contribution in [0.3, 0.4) is 0 Å². The summed E-state index contributed by atoms with van der Waals surface area (Å²) >= 11 is 0. The molecule has 2 heterocycles. The summed E-state index contributed by atoms with van der Waals surface area (Å²) in [6.45, 7) is 4.39. The molecule has 1 saturated heterocycles. The molecule has 0 radical (unpaired) electrons. The molecule has 0 unspecified atom stereocenters. The molecule has 0 spiro atoms. The molecule has 122 valence electrons. The molecule has 1 fully saturated rings. The first kappa shape index (κ1) is 15.9. The molecule has 0 aliphatic carbocycles. The number of likely N-dealkylation sites (tertiary alicyclic amines) is 1. The van der Waals surface area contributed by atoms with Crippen molar-refractivity contribution in [1.82, 2.24) is 14.9 Å². The zero-order chi connectivity index (χ0) is 16.2. The zero-order valence-corrected chi connectivity index (χ0v) is 13.6. The minimum absolute atomic E-state index is 0.255. The summed E-state index contributed by atoms with van der Waals surface area (Å²) in [4.78, 5) is 11.0. The third-order valence-corrected chi connectivity index (χ3v) is 4.38. The van der Waals surface area contributed by atoms with Crippen LogP contribution in [0, 0.1) is 12.7 Å². The molecular formula is C18H22FN3O. The second-order valence-corrected chi connectivity index (χ2v) is 6.04. The Balaban J connectivity index is 1.72. The normalized spacial score (nSPS) is 18.8. The van der Waals surface area contributed by atoms with E-state index in [0.29, 0.717) is 23.8 Å². The van der Waals surface area contributed by atoms with Crippen molar-refractivity contribution < 1.29 is 9.13 Å². The fourth-order valence-electron chi connectivity index (χ4n) is 3.22. The fourth-order valence-corrected chi connectivity index (χ4v) is 3.22. The summed E-state index contributed by atoms with van der Waals surface area (Å²) in [5.41, 5.74) is 1.78. The van der Waals surface area contributed by atoms with Crippen LogP contribution in [-0.2, 0) is 6.54 Å². The monoisotopic (exact) mass is 315 g/mol. The molecule has 0 saturated carbocycles. The molecule has 3 rings (SSSR count). The molecule has 0 amide bonds. The highest BCUT2D eigenvalue weighted by atomic mass is 19.1. The molecule has 1 aliphatic heterocycles. The lowest BCUT2D eigenvalue weighted by Gasteiger charge is -2.32. The van der Waals surface area contributed by atoms with Crippen LogP contribution in [0.25, 0.3) is 0 Å². The molecule has 5 heteroatoms. The summed E-state index contributed by atoms with van der Waals surface area (Å²) in [7, 11) is 1.50. The van der Waals surface area contributed by atoms with Crippen molar-refractivity contribution in [2.24, 2.45) is 0 Å². The number of piperidine rings is 1. The van der Waals surface area contributed by atoms with Crippen LogP contribution in [0.1, 0.15) is 35.8 Å². The number of nitrogens with zero attached hydrogens (tertiary/aromatic N) is 3. The van der Waals surface area contributed by atoms with Gasteiger partial charge in [0, 0.05) is 36.5 Å². The topological polar surface area (TPSA) is 38.2 Å². The molecule has 4 nitrogen and oxygen atoms in total. The van der Waals surface area contributed by atoms with Crippen molar-refractivity contribution >= 4 is 0 Å². The number of methoxy groups -OCH3 is 1. The van der Waals surface area contributed by atoms with Crippen LogP contribution in [-0.4, -0.2) is 35.1 Å². The Hall–Kier alpha value is -2.01. The Labute approximate surface area is 136 Å². The minimum atomic E-state index is -0.255. The van der Waals surface area contributed by atoms with Gasteiger partial charge in [-0.25, -0.2) is 14.4 Å². The highest BCUT2D eigenvalue weighted by molar-refractivity contribution is 5.31. The maximum absolute atomic E-state index is 14.3. The van der Waals surface area contributed by atoms with E-state index in [1.807, 2.05) is 31.3 Å². The predicted molar refractivity (Wildman–Crippen MR) is 87.0 cm³/mol. The smallest absolute Gasteiger partial charge is 0.169 e. The van der Waals surface area contributed by atoms with E-state index in [2.05, 4.69) is 14.9 Å². The van der Waals surface area contributed by atoms with Crippen molar-refractivity contribution in [3.8, 4) is 5.75 Å². The van der Waals surface area contributed by atoms with Gasteiger partial charge in [0.05, 0.1) is 7.11 Å². The number of aromatic nitrogens is 2. The number of halogens is 1. The Morgan fingerprint density at radius 2 is 2.22 bits per heavy atom.